The molecule has 0 aliphatic carbocycles. The van der Waals surface area contributed by atoms with Gasteiger partial charge in [-0.3, -0.25) is 0 Å². The van der Waals surface area contributed by atoms with Crippen LogP contribution < -0.4 is 15.0 Å². The molecule has 146 valence electrons. The van der Waals surface area contributed by atoms with Crippen LogP contribution in [0.3, 0.4) is 0 Å². The average Bonchev–Trinajstić information content (AvgIpc) is 3.00. The number of aryl methyl sites for hydroxylation is 2. The molecular weight excluding hydrogens is 348 g/mol. The van der Waals surface area contributed by atoms with Gasteiger partial charge in [0.15, 0.2) is 0 Å². The summed E-state index contributed by atoms with van der Waals surface area (Å²) in [6.07, 6.45) is 0. The highest BCUT2D eigenvalue weighted by Crippen LogP contribution is 2.22. The summed E-state index contributed by atoms with van der Waals surface area (Å²) < 4.78 is 16.7. The largest absolute Gasteiger partial charge is 0.476 e. The number of azo groups is 1. The number of anilines is 1. The second-order valence-electron chi connectivity index (χ2n) is 6.27. The van der Waals surface area contributed by atoms with Gasteiger partial charge in [0, 0.05) is 31.8 Å². The van der Waals surface area contributed by atoms with E-state index in [2.05, 4.69) is 30.4 Å². The number of furan rings is 1. The lowest BCUT2D eigenvalue weighted by molar-refractivity contribution is 0.122. The molecule has 0 radical (unpaired) electrons. The zero-order valence-electron chi connectivity index (χ0n) is 16.1. The van der Waals surface area contributed by atoms with Gasteiger partial charge >= 0.3 is 0 Å². The molecule has 1 saturated heterocycles. The molecule has 0 bridgehead atoms. The Morgan fingerprint density at radius 2 is 2.04 bits per heavy atom. The summed E-state index contributed by atoms with van der Waals surface area (Å²) in [4.78, 5) is 11.2. The Morgan fingerprint density at radius 1 is 1.22 bits per heavy atom. The van der Waals surface area contributed by atoms with Gasteiger partial charge in [-0.2, -0.15) is 10.1 Å². The molecule has 0 atom stereocenters. The molecule has 1 fully saturated rings. The molecule has 0 aromatic carbocycles. The van der Waals surface area contributed by atoms with E-state index in [0.717, 1.165) is 36.7 Å². The van der Waals surface area contributed by atoms with Crippen LogP contribution in [-0.4, -0.2) is 56.5 Å². The summed E-state index contributed by atoms with van der Waals surface area (Å²) in [5.41, 5.74) is 1.80. The van der Waals surface area contributed by atoms with E-state index in [0.29, 0.717) is 44.1 Å². The Morgan fingerprint density at radius 3 is 2.74 bits per heavy atom. The number of likely N-dealkylation sites (N-methyl/N-ethyl adjacent to an activating group) is 1. The lowest BCUT2D eigenvalue weighted by Crippen LogP contribution is -2.37. The van der Waals surface area contributed by atoms with Gasteiger partial charge in [-0.05, 0) is 26.5 Å². The predicted molar refractivity (Wildman–Crippen MR) is 101 cm³/mol. The number of rotatable bonds is 8. The van der Waals surface area contributed by atoms with Crippen molar-refractivity contribution >= 4 is 11.8 Å². The molecule has 1 N–H and O–H groups in total. The molecule has 0 amide bonds. The fraction of sp³-hybridized carbons (Fsp3) is 0.556. The van der Waals surface area contributed by atoms with Crippen LogP contribution >= 0.6 is 0 Å². The first-order valence-corrected chi connectivity index (χ1v) is 9.08. The Balaban J connectivity index is 1.73. The van der Waals surface area contributed by atoms with Crippen LogP contribution in [0.1, 0.15) is 17.0 Å². The van der Waals surface area contributed by atoms with Gasteiger partial charge in [0.05, 0.1) is 18.9 Å². The van der Waals surface area contributed by atoms with E-state index in [1.165, 1.54) is 0 Å². The van der Waals surface area contributed by atoms with Crippen molar-refractivity contribution in [1.29, 1.82) is 0 Å². The molecule has 3 heterocycles. The molecule has 1 aliphatic heterocycles. The van der Waals surface area contributed by atoms with Gasteiger partial charge in [0.25, 0.3) is 0 Å². The highest BCUT2D eigenvalue weighted by molar-refractivity contribution is 5.35. The second kappa shape index (κ2) is 9.43. The molecule has 9 heteroatoms. The van der Waals surface area contributed by atoms with Gasteiger partial charge in [-0.15, -0.1) is 5.11 Å². The highest BCUT2D eigenvalue weighted by atomic mass is 16.5. The van der Waals surface area contributed by atoms with E-state index in [9.17, 15) is 0 Å². The molecule has 0 unspecified atom stereocenters. The highest BCUT2D eigenvalue weighted by Gasteiger charge is 2.16. The first kappa shape index (κ1) is 19.2. The van der Waals surface area contributed by atoms with E-state index in [4.69, 9.17) is 13.9 Å². The smallest absolute Gasteiger partial charge is 0.238 e. The monoisotopic (exact) mass is 374 g/mol. The molecular formula is C18H26N6O3. The number of ether oxygens (including phenoxy) is 2. The molecule has 1 aliphatic rings. The SMILES string of the molecule is CNCCOc1cc(CN=Nc2cc(C)c(C)o2)nc(N2CCOCC2)n1. The van der Waals surface area contributed by atoms with Gasteiger partial charge in [-0.25, -0.2) is 4.98 Å². The van der Waals surface area contributed by atoms with Crippen LogP contribution in [-0.2, 0) is 11.3 Å². The van der Waals surface area contributed by atoms with E-state index in [1.54, 1.807) is 6.07 Å². The topological polar surface area (TPSA) is 97.4 Å². The summed E-state index contributed by atoms with van der Waals surface area (Å²) in [7, 11) is 1.88. The third-order valence-corrected chi connectivity index (χ3v) is 4.19. The summed E-state index contributed by atoms with van der Waals surface area (Å²) >= 11 is 0. The maximum absolute atomic E-state index is 5.74. The minimum atomic E-state index is 0.320. The molecule has 3 rings (SSSR count). The third kappa shape index (κ3) is 5.48. The molecule has 0 spiro atoms. The van der Waals surface area contributed by atoms with Crippen molar-refractivity contribution in [1.82, 2.24) is 15.3 Å². The quantitative estimate of drug-likeness (QED) is 0.560. The Kier molecular flexibility index (Phi) is 6.72. The maximum Gasteiger partial charge on any atom is 0.238 e. The second-order valence-corrected chi connectivity index (χ2v) is 6.27. The summed E-state index contributed by atoms with van der Waals surface area (Å²) in [6, 6.07) is 3.67. The average molecular weight is 374 g/mol. The predicted octanol–water partition coefficient (Wildman–Crippen LogP) is 2.41. The summed E-state index contributed by atoms with van der Waals surface area (Å²) in [5, 5.41) is 11.4. The Hall–Kier alpha value is -2.52. The summed E-state index contributed by atoms with van der Waals surface area (Å²) in [5.74, 6) is 2.52. The number of nitrogens with one attached hydrogen (secondary N) is 1. The lowest BCUT2D eigenvalue weighted by Gasteiger charge is -2.27. The van der Waals surface area contributed by atoms with Crippen LogP contribution in [0.25, 0.3) is 0 Å². The molecule has 27 heavy (non-hydrogen) atoms. The standard InChI is InChI=1S/C18H26N6O3/c1-13-10-17(27-14(13)2)23-20-12-15-11-16(26-7-4-19-3)22-18(21-15)24-5-8-25-9-6-24/h10-11,19H,4-9,12H2,1-3H3. The minimum absolute atomic E-state index is 0.320. The van der Waals surface area contributed by atoms with Crippen LogP contribution in [0, 0.1) is 13.8 Å². The Labute approximate surface area is 158 Å². The number of aromatic nitrogens is 2. The van der Waals surface area contributed by atoms with Gasteiger partial charge in [0.2, 0.25) is 17.7 Å². The molecule has 2 aromatic heterocycles. The normalized spacial score (nSPS) is 14.9. The zero-order valence-corrected chi connectivity index (χ0v) is 16.1. The van der Waals surface area contributed by atoms with Crippen molar-refractivity contribution in [2.24, 2.45) is 10.2 Å². The van der Waals surface area contributed by atoms with Crippen molar-refractivity contribution in [2.45, 2.75) is 20.4 Å². The third-order valence-electron chi connectivity index (χ3n) is 4.19. The van der Waals surface area contributed by atoms with E-state index in [-0.39, 0.29) is 0 Å². The van der Waals surface area contributed by atoms with Gasteiger partial charge < -0.3 is 24.1 Å². The number of morpholine rings is 1. The number of hydrogen-bond donors (Lipinski definition) is 1. The maximum atomic E-state index is 5.74. The molecule has 0 saturated carbocycles. The van der Waals surface area contributed by atoms with E-state index >= 15 is 0 Å². The number of hydrogen-bond acceptors (Lipinski definition) is 9. The summed E-state index contributed by atoms with van der Waals surface area (Å²) in [6.45, 7) is 8.32. The minimum Gasteiger partial charge on any atom is -0.476 e. The van der Waals surface area contributed by atoms with Crippen molar-refractivity contribution in [3.8, 4) is 5.88 Å². The van der Waals surface area contributed by atoms with Crippen molar-refractivity contribution in [2.75, 3.05) is 51.4 Å². The van der Waals surface area contributed by atoms with Crippen LogP contribution in [0.2, 0.25) is 0 Å². The van der Waals surface area contributed by atoms with E-state index < -0.39 is 0 Å². The zero-order chi connectivity index (χ0) is 19.1. The van der Waals surface area contributed by atoms with E-state index in [1.807, 2.05) is 27.0 Å². The number of nitrogens with zero attached hydrogens (tertiary/aromatic N) is 5. The first-order valence-electron chi connectivity index (χ1n) is 9.08. The molecule has 9 nitrogen and oxygen atoms in total. The van der Waals surface area contributed by atoms with Gasteiger partial charge in [-0.1, -0.05) is 0 Å². The molecule has 2 aromatic rings. The Bertz CT molecular complexity index is 751. The van der Waals surface area contributed by atoms with Crippen molar-refractivity contribution < 1.29 is 13.9 Å². The van der Waals surface area contributed by atoms with Gasteiger partial charge in [0.1, 0.15) is 18.9 Å². The lowest BCUT2D eigenvalue weighted by atomic mass is 10.3. The fourth-order valence-corrected chi connectivity index (χ4v) is 2.56. The van der Waals surface area contributed by atoms with Crippen LogP contribution in [0.15, 0.2) is 26.8 Å². The van der Waals surface area contributed by atoms with Crippen molar-refractivity contribution in [3.63, 3.8) is 0 Å². The van der Waals surface area contributed by atoms with Crippen molar-refractivity contribution in [3.05, 3.63) is 29.2 Å². The van der Waals surface area contributed by atoms with Crippen LogP contribution in [0.4, 0.5) is 11.8 Å². The van der Waals surface area contributed by atoms with Crippen LogP contribution in [0.5, 0.6) is 5.88 Å². The first-order chi connectivity index (χ1) is 13.2. The fourth-order valence-electron chi connectivity index (χ4n) is 2.56.